The van der Waals surface area contributed by atoms with Gasteiger partial charge in [0.05, 0.1) is 23.9 Å². The number of hydrogen-bond donors (Lipinski definition) is 1. The number of benzene rings is 2. The van der Waals surface area contributed by atoms with Crippen LogP contribution in [-0.2, 0) is 16.0 Å². The molecule has 158 valence electrons. The van der Waals surface area contributed by atoms with Crippen LogP contribution >= 0.6 is 11.6 Å². The molecule has 3 rings (SSSR count). The summed E-state index contributed by atoms with van der Waals surface area (Å²) in [4.78, 5) is 26.9. The second-order valence-electron chi connectivity index (χ2n) is 6.87. The number of amides is 2. The average molecular weight is 429 g/mol. The minimum atomic E-state index is -0.688. The highest BCUT2D eigenvalue weighted by Crippen LogP contribution is 2.32. The number of aryl methyl sites for hydroxylation is 1. The number of nitrogens with zero attached hydrogens (tertiary/aromatic N) is 1. The smallest absolute Gasteiger partial charge is 0.338 e. The highest BCUT2D eigenvalue weighted by Gasteiger charge is 2.37. The van der Waals surface area contributed by atoms with Crippen LogP contribution in [0.1, 0.15) is 31.0 Å². The van der Waals surface area contributed by atoms with Crippen LogP contribution in [0.25, 0.3) is 0 Å². The van der Waals surface area contributed by atoms with Crippen molar-refractivity contribution in [3.63, 3.8) is 0 Å². The van der Waals surface area contributed by atoms with E-state index in [1.54, 1.807) is 32.2 Å². The third-order valence-corrected chi connectivity index (χ3v) is 5.17. The lowest BCUT2D eigenvalue weighted by molar-refractivity contribution is -0.139. The zero-order chi connectivity index (χ0) is 21.7. The summed E-state index contributed by atoms with van der Waals surface area (Å²) in [5.74, 6) is 0.166. The first kappa shape index (κ1) is 21.7. The average Bonchev–Trinajstić information content (AvgIpc) is 2.74. The Labute approximate surface area is 181 Å². The maximum absolute atomic E-state index is 12.9. The largest absolute Gasteiger partial charge is 0.487 e. The Bertz CT molecular complexity index is 973. The second kappa shape index (κ2) is 9.67. The number of urea groups is 1. The van der Waals surface area contributed by atoms with Gasteiger partial charge in [-0.3, -0.25) is 4.90 Å². The van der Waals surface area contributed by atoms with Crippen molar-refractivity contribution >= 4 is 23.6 Å². The Kier molecular flexibility index (Phi) is 7.00. The second-order valence-corrected chi connectivity index (χ2v) is 7.30. The van der Waals surface area contributed by atoms with Gasteiger partial charge in [-0.15, -0.1) is 0 Å². The van der Waals surface area contributed by atoms with Crippen LogP contribution in [0.5, 0.6) is 5.75 Å². The standard InChI is InChI=1S/C23H25ClN2O4/c1-4-15-8-6-11-18(12-15)30-14-19-20(22(27)29-5-2)21(25-23(28)26(19)3)16-9-7-10-17(24)13-16/h6-13,21H,4-5,14H2,1-3H3,(H,25,28). The predicted molar refractivity (Wildman–Crippen MR) is 115 cm³/mol. The van der Waals surface area contributed by atoms with Crippen molar-refractivity contribution in [3.05, 3.63) is 76.0 Å². The third-order valence-electron chi connectivity index (χ3n) is 4.94. The number of likely N-dealkylation sites (N-methyl/N-ethyl adjacent to an activating group) is 1. The molecular weight excluding hydrogens is 404 g/mol. The molecule has 2 aromatic carbocycles. The molecule has 1 aliphatic rings. The number of carbonyl (C=O) groups is 2. The summed E-state index contributed by atoms with van der Waals surface area (Å²) in [6.45, 7) is 4.07. The Morgan fingerprint density at radius 1 is 1.17 bits per heavy atom. The van der Waals surface area contributed by atoms with Gasteiger partial charge in [0.15, 0.2) is 0 Å². The van der Waals surface area contributed by atoms with E-state index in [0.717, 1.165) is 12.0 Å². The quantitative estimate of drug-likeness (QED) is 0.659. The fraction of sp³-hybridized carbons (Fsp3) is 0.304. The number of ether oxygens (including phenoxy) is 2. The molecule has 1 unspecified atom stereocenters. The van der Waals surface area contributed by atoms with Gasteiger partial charge in [0, 0.05) is 12.1 Å². The number of hydrogen-bond acceptors (Lipinski definition) is 4. The zero-order valence-electron chi connectivity index (χ0n) is 17.3. The first-order valence-corrected chi connectivity index (χ1v) is 10.2. The topological polar surface area (TPSA) is 67.9 Å². The molecule has 0 aromatic heterocycles. The van der Waals surface area contributed by atoms with Crippen LogP contribution in [0.3, 0.4) is 0 Å². The third kappa shape index (κ3) is 4.76. The normalized spacial score (nSPS) is 16.3. The molecule has 1 atom stereocenters. The first-order valence-electron chi connectivity index (χ1n) is 9.86. The molecule has 7 heteroatoms. The maximum atomic E-state index is 12.9. The molecule has 0 bridgehead atoms. The van der Waals surface area contributed by atoms with Gasteiger partial charge in [-0.2, -0.15) is 0 Å². The lowest BCUT2D eigenvalue weighted by Gasteiger charge is -2.34. The molecule has 0 saturated heterocycles. The highest BCUT2D eigenvalue weighted by atomic mass is 35.5. The Hall–Kier alpha value is -2.99. The molecule has 1 heterocycles. The minimum Gasteiger partial charge on any atom is -0.487 e. The molecule has 6 nitrogen and oxygen atoms in total. The van der Waals surface area contributed by atoms with Crippen molar-refractivity contribution < 1.29 is 19.1 Å². The van der Waals surface area contributed by atoms with Crippen LogP contribution in [0.2, 0.25) is 5.02 Å². The van der Waals surface area contributed by atoms with E-state index < -0.39 is 12.0 Å². The van der Waals surface area contributed by atoms with Crippen molar-refractivity contribution in [2.24, 2.45) is 0 Å². The van der Waals surface area contributed by atoms with Crippen LogP contribution < -0.4 is 10.1 Å². The number of nitrogens with one attached hydrogen (secondary N) is 1. The van der Waals surface area contributed by atoms with Gasteiger partial charge >= 0.3 is 12.0 Å². The van der Waals surface area contributed by atoms with E-state index in [2.05, 4.69) is 12.2 Å². The summed E-state index contributed by atoms with van der Waals surface area (Å²) in [7, 11) is 1.60. The molecule has 2 aromatic rings. The molecule has 0 fully saturated rings. The van der Waals surface area contributed by atoms with Crippen molar-refractivity contribution in [3.8, 4) is 5.75 Å². The first-order chi connectivity index (χ1) is 14.4. The van der Waals surface area contributed by atoms with Crippen molar-refractivity contribution in [2.45, 2.75) is 26.3 Å². The summed E-state index contributed by atoms with van der Waals surface area (Å²) in [6.07, 6.45) is 0.882. The molecule has 0 radical (unpaired) electrons. The number of carbonyl (C=O) groups excluding carboxylic acids is 2. The molecule has 0 saturated carbocycles. The summed E-state index contributed by atoms with van der Waals surface area (Å²) < 4.78 is 11.3. The Morgan fingerprint density at radius 2 is 1.93 bits per heavy atom. The van der Waals surface area contributed by atoms with Gasteiger partial charge in [-0.05, 0) is 48.7 Å². The lowest BCUT2D eigenvalue weighted by atomic mass is 9.95. The van der Waals surface area contributed by atoms with Crippen LogP contribution in [0.4, 0.5) is 4.79 Å². The molecular formula is C23H25ClN2O4. The van der Waals surface area contributed by atoms with Crippen molar-refractivity contribution in [1.82, 2.24) is 10.2 Å². The van der Waals surface area contributed by atoms with Gasteiger partial charge in [0.25, 0.3) is 0 Å². The predicted octanol–water partition coefficient (Wildman–Crippen LogP) is 4.49. The van der Waals surface area contributed by atoms with Crippen molar-refractivity contribution in [1.29, 1.82) is 0 Å². The van der Waals surface area contributed by atoms with Gasteiger partial charge in [-0.1, -0.05) is 42.8 Å². The van der Waals surface area contributed by atoms with E-state index in [0.29, 0.717) is 27.6 Å². The summed E-state index contributed by atoms with van der Waals surface area (Å²) >= 11 is 6.14. The molecule has 0 spiro atoms. The van der Waals surface area contributed by atoms with Crippen LogP contribution in [0, 0.1) is 0 Å². The zero-order valence-corrected chi connectivity index (χ0v) is 18.0. The minimum absolute atomic E-state index is 0.0439. The van der Waals surface area contributed by atoms with E-state index in [1.807, 2.05) is 30.3 Å². The highest BCUT2D eigenvalue weighted by molar-refractivity contribution is 6.30. The summed E-state index contributed by atoms with van der Waals surface area (Å²) in [6, 6.07) is 13.7. The van der Waals surface area contributed by atoms with E-state index in [9.17, 15) is 9.59 Å². The number of halogens is 1. The Morgan fingerprint density at radius 3 is 2.63 bits per heavy atom. The fourth-order valence-electron chi connectivity index (χ4n) is 3.32. The molecule has 1 aliphatic heterocycles. The maximum Gasteiger partial charge on any atom is 0.338 e. The SMILES string of the molecule is CCOC(=O)C1=C(COc2cccc(CC)c2)N(C)C(=O)NC1c1cccc(Cl)c1. The molecule has 1 N–H and O–H groups in total. The monoisotopic (exact) mass is 428 g/mol. The van der Waals surface area contributed by atoms with Crippen molar-refractivity contribution in [2.75, 3.05) is 20.3 Å². The molecule has 2 amide bonds. The summed E-state index contributed by atoms with van der Waals surface area (Å²) in [5, 5.41) is 3.37. The molecule has 30 heavy (non-hydrogen) atoms. The van der Waals surface area contributed by atoms with Gasteiger partial charge in [0.1, 0.15) is 12.4 Å². The van der Waals surface area contributed by atoms with E-state index >= 15 is 0 Å². The lowest BCUT2D eigenvalue weighted by Crippen LogP contribution is -2.48. The molecule has 0 aliphatic carbocycles. The van der Waals surface area contributed by atoms with Gasteiger partial charge in [0.2, 0.25) is 0 Å². The van der Waals surface area contributed by atoms with Crippen LogP contribution in [0.15, 0.2) is 59.8 Å². The fourth-order valence-corrected chi connectivity index (χ4v) is 3.52. The Balaban J connectivity index is 2.02. The van der Waals surface area contributed by atoms with E-state index in [4.69, 9.17) is 21.1 Å². The van der Waals surface area contributed by atoms with E-state index in [1.165, 1.54) is 4.90 Å². The number of esters is 1. The van der Waals surface area contributed by atoms with Gasteiger partial charge in [-0.25, -0.2) is 9.59 Å². The van der Waals surface area contributed by atoms with Gasteiger partial charge < -0.3 is 14.8 Å². The summed E-state index contributed by atoms with van der Waals surface area (Å²) in [5.41, 5.74) is 2.60. The van der Waals surface area contributed by atoms with Crippen LogP contribution in [-0.4, -0.2) is 37.2 Å². The van der Waals surface area contributed by atoms with E-state index in [-0.39, 0.29) is 19.2 Å². The number of rotatable bonds is 7.